The van der Waals surface area contributed by atoms with E-state index in [0.717, 1.165) is 24.1 Å². The molecule has 0 radical (unpaired) electrons. The molecule has 3 atom stereocenters. The second kappa shape index (κ2) is 8.37. The minimum absolute atomic E-state index is 0.0552. The summed E-state index contributed by atoms with van der Waals surface area (Å²) >= 11 is 0. The van der Waals surface area contributed by atoms with Gasteiger partial charge in [0, 0.05) is 28.7 Å². The molecule has 2 heterocycles. The Morgan fingerprint density at radius 3 is 2.58 bits per heavy atom. The third-order valence-corrected chi connectivity index (χ3v) is 9.11. The lowest BCUT2D eigenvalue weighted by molar-refractivity contribution is 0.0304. The summed E-state index contributed by atoms with van der Waals surface area (Å²) in [6, 6.07) is 4.85. The van der Waals surface area contributed by atoms with Gasteiger partial charge >= 0.3 is 0 Å². The van der Waals surface area contributed by atoms with Gasteiger partial charge in [-0.15, -0.1) is 0 Å². The third kappa shape index (κ3) is 3.36. The summed E-state index contributed by atoms with van der Waals surface area (Å²) < 4.78 is 0. The first kappa shape index (κ1) is 21.1. The van der Waals surface area contributed by atoms with Crippen LogP contribution < -0.4 is 10.6 Å². The van der Waals surface area contributed by atoms with Crippen molar-refractivity contribution in [1.82, 2.24) is 15.5 Å². The van der Waals surface area contributed by atoms with Crippen LogP contribution in [0.2, 0.25) is 0 Å². The molecule has 0 bridgehead atoms. The molecular formula is C28H35N5. The van der Waals surface area contributed by atoms with Crippen molar-refractivity contribution in [1.29, 1.82) is 10.5 Å². The van der Waals surface area contributed by atoms with Crippen LogP contribution in [0.4, 0.5) is 0 Å². The van der Waals surface area contributed by atoms with E-state index in [1.54, 1.807) is 11.3 Å². The summed E-state index contributed by atoms with van der Waals surface area (Å²) in [5.74, 6) is 0.609. The van der Waals surface area contributed by atoms with Gasteiger partial charge in [-0.25, -0.2) is 0 Å². The zero-order valence-corrected chi connectivity index (χ0v) is 19.6. The van der Waals surface area contributed by atoms with Crippen molar-refractivity contribution < 1.29 is 0 Å². The van der Waals surface area contributed by atoms with Gasteiger partial charge in [-0.1, -0.05) is 31.3 Å². The minimum atomic E-state index is -0.0643. The average Bonchev–Trinajstić information content (AvgIpc) is 3.18. The van der Waals surface area contributed by atoms with Gasteiger partial charge in [0.15, 0.2) is 0 Å². The summed E-state index contributed by atoms with van der Waals surface area (Å²) in [5.41, 5.74) is 6.64. The van der Waals surface area contributed by atoms with Crippen molar-refractivity contribution >= 4 is 0 Å². The molecule has 0 amide bonds. The Hall–Kier alpha value is -2.50. The molecular weight excluding hydrogens is 406 g/mol. The SMILES string of the molecule is N#CC(C#N)=C1C=C(NC2CCCCC2)C=C2[C@H]1N[C@@]13CCCC[C@H]1CC1=C(CCCC1)N23. The molecule has 1 saturated heterocycles. The van der Waals surface area contributed by atoms with E-state index < -0.39 is 0 Å². The van der Waals surface area contributed by atoms with Gasteiger partial charge in [0.25, 0.3) is 0 Å². The first-order chi connectivity index (χ1) is 16.2. The summed E-state index contributed by atoms with van der Waals surface area (Å²) in [7, 11) is 0. The van der Waals surface area contributed by atoms with Crippen molar-refractivity contribution in [3.8, 4) is 12.1 Å². The van der Waals surface area contributed by atoms with E-state index in [2.05, 4.69) is 39.8 Å². The van der Waals surface area contributed by atoms with Crippen LogP contribution in [0.25, 0.3) is 0 Å². The van der Waals surface area contributed by atoms with Crippen LogP contribution in [0, 0.1) is 28.6 Å². The van der Waals surface area contributed by atoms with E-state index in [4.69, 9.17) is 0 Å². The van der Waals surface area contributed by atoms with Crippen LogP contribution in [0.3, 0.4) is 0 Å². The molecule has 2 N–H and O–H groups in total. The highest BCUT2D eigenvalue weighted by Crippen LogP contribution is 2.55. The fraction of sp³-hybridized carbons (Fsp3) is 0.643. The summed E-state index contributed by atoms with van der Waals surface area (Å²) in [6.45, 7) is 0. The Morgan fingerprint density at radius 1 is 0.970 bits per heavy atom. The van der Waals surface area contributed by atoms with Crippen LogP contribution in [0.5, 0.6) is 0 Å². The first-order valence-electron chi connectivity index (χ1n) is 13.3. The molecule has 0 aromatic rings. The molecule has 4 aliphatic carbocycles. The summed E-state index contributed by atoms with van der Waals surface area (Å²) in [5, 5.41) is 27.5. The Morgan fingerprint density at radius 2 is 1.76 bits per heavy atom. The number of nitriles is 2. The minimum Gasteiger partial charge on any atom is -0.382 e. The smallest absolute Gasteiger partial charge is 0.134 e. The summed E-state index contributed by atoms with van der Waals surface area (Å²) in [4.78, 5) is 2.70. The topological polar surface area (TPSA) is 74.9 Å². The maximum atomic E-state index is 9.83. The van der Waals surface area contributed by atoms with E-state index in [1.165, 1.54) is 82.7 Å². The molecule has 2 aliphatic heterocycles. The largest absolute Gasteiger partial charge is 0.382 e. The normalized spacial score (nSPS) is 33.5. The number of nitrogens with one attached hydrogen (secondary N) is 2. The Kier molecular flexibility index (Phi) is 5.34. The molecule has 0 unspecified atom stereocenters. The first-order valence-corrected chi connectivity index (χ1v) is 13.3. The highest BCUT2D eigenvalue weighted by molar-refractivity contribution is 5.58. The van der Waals surface area contributed by atoms with E-state index in [0.29, 0.717) is 12.0 Å². The molecule has 172 valence electrons. The number of hydrogen-bond donors (Lipinski definition) is 2. The lowest BCUT2D eigenvalue weighted by Crippen LogP contribution is -2.60. The van der Waals surface area contributed by atoms with E-state index in [9.17, 15) is 10.5 Å². The van der Waals surface area contributed by atoms with Gasteiger partial charge in [0.05, 0.1) is 11.7 Å². The average molecular weight is 442 g/mol. The Labute approximate surface area is 197 Å². The van der Waals surface area contributed by atoms with Crippen molar-refractivity contribution in [2.24, 2.45) is 5.92 Å². The molecule has 0 aromatic heterocycles. The predicted octanol–water partition coefficient (Wildman–Crippen LogP) is 5.43. The Balaban J connectivity index is 1.47. The summed E-state index contributed by atoms with van der Waals surface area (Å²) in [6.07, 6.45) is 21.9. The zero-order chi connectivity index (χ0) is 22.4. The van der Waals surface area contributed by atoms with Crippen LogP contribution in [0.15, 0.2) is 46.0 Å². The fourth-order valence-electron chi connectivity index (χ4n) is 7.64. The van der Waals surface area contributed by atoms with Gasteiger partial charge in [-0.2, -0.15) is 10.5 Å². The number of rotatable bonds is 2. The van der Waals surface area contributed by atoms with Gasteiger partial charge in [-0.3, -0.25) is 5.32 Å². The van der Waals surface area contributed by atoms with Crippen molar-refractivity contribution in [2.75, 3.05) is 0 Å². The third-order valence-electron chi connectivity index (χ3n) is 9.11. The maximum absolute atomic E-state index is 9.83. The zero-order valence-electron chi connectivity index (χ0n) is 19.6. The molecule has 5 heteroatoms. The van der Waals surface area contributed by atoms with Gasteiger partial charge in [0.2, 0.25) is 0 Å². The number of nitrogens with zero attached hydrogens (tertiary/aromatic N) is 3. The fourth-order valence-corrected chi connectivity index (χ4v) is 7.64. The molecule has 33 heavy (non-hydrogen) atoms. The van der Waals surface area contributed by atoms with Crippen molar-refractivity contribution in [2.45, 2.75) is 108 Å². The molecule has 1 spiro atoms. The second-order valence-corrected chi connectivity index (χ2v) is 10.9. The molecule has 0 aromatic carbocycles. The van der Waals surface area contributed by atoms with E-state index in [1.807, 2.05) is 0 Å². The number of fused-ring (bicyclic) bond motifs is 3. The monoisotopic (exact) mass is 441 g/mol. The van der Waals surface area contributed by atoms with Crippen LogP contribution in [-0.2, 0) is 0 Å². The highest BCUT2D eigenvalue weighted by Gasteiger charge is 2.58. The van der Waals surface area contributed by atoms with Crippen LogP contribution in [-0.4, -0.2) is 22.6 Å². The van der Waals surface area contributed by atoms with Crippen molar-refractivity contribution in [3.05, 3.63) is 46.0 Å². The Bertz CT molecular complexity index is 1030. The van der Waals surface area contributed by atoms with E-state index >= 15 is 0 Å². The van der Waals surface area contributed by atoms with Gasteiger partial charge in [-0.05, 0) is 82.3 Å². The predicted molar refractivity (Wildman–Crippen MR) is 128 cm³/mol. The van der Waals surface area contributed by atoms with Crippen LogP contribution in [0.1, 0.15) is 89.9 Å². The number of allylic oxidation sites excluding steroid dienone is 4. The molecule has 5 nitrogen and oxygen atoms in total. The highest BCUT2D eigenvalue weighted by atomic mass is 15.4. The quantitative estimate of drug-likeness (QED) is 0.559. The lowest BCUT2D eigenvalue weighted by Gasteiger charge is -2.54. The molecule has 2 saturated carbocycles. The van der Waals surface area contributed by atoms with Gasteiger partial charge in [0.1, 0.15) is 17.7 Å². The molecule has 6 rings (SSSR count). The second-order valence-electron chi connectivity index (χ2n) is 10.9. The standard InChI is InChI=1S/C28H35N5/c29-17-20(18-30)24-15-23(31-22-10-2-1-3-11-22)16-26-27(24)32-28-13-7-6-9-21(28)14-19-8-4-5-12-25(19)33(26)28/h15-16,21-22,27,31-32H,1-14H2/t21-,27-,28+/m0/s1. The van der Waals surface area contributed by atoms with Crippen molar-refractivity contribution in [3.63, 3.8) is 0 Å². The van der Waals surface area contributed by atoms with E-state index in [-0.39, 0.29) is 17.3 Å². The molecule has 6 aliphatic rings. The number of hydrogen-bond acceptors (Lipinski definition) is 5. The van der Waals surface area contributed by atoms with Gasteiger partial charge < -0.3 is 10.2 Å². The molecule has 3 fully saturated rings. The lowest BCUT2D eigenvalue weighted by atomic mass is 9.70. The maximum Gasteiger partial charge on any atom is 0.134 e. The van der Waals surface area contributed by atoms with Crippen LogP contribution >= 0.6 is 0 Å².